The van der Waals surface area contributed by atoms with Gasteiger partial charge in [-0.15, -0.1) is 11.3 Å². The monoisotopic (exact) mass is 277 g/mol. The SMILES string of the molecule is COC(=O)c1cccnc1CNCc1cnc(C)s1. The molecule has 0 fully saturated rings. The van der Waals surface area contributed by atoms with Crippen molar-refractivity contribution in [1.82, 2.24) is 15.3 Å². The number of aryl methyl sites for hydroxylation is 1. The smallest absolute Gasteiger partial charge is 0.339 e. The van der Waals surface area contributed by atoms with Crippen molar-refractivity contribution in [2.75, 3.05) is 7.11 Å². The minimum Gasteiger partial charge on any atom is -0.465 e. The Morgan fingerprint density at radius 3 is 2.95 bits per heavy atom. The highest BCUT2D eigenvalue weighted by atomic mass is 32.1. The molecule has 2 aromatic rings. The lowest BCUT2D eigenvalue weighted by Crippen LogP contribution is -2.16. The molecule has 0 aromatic carbocycles. The minimum absolute atomic E-state index is 0.362. The normalized spacial score (nSPS) is 10.4. The molecule has 2 rings (SSSR count). The Morgan fingerprint density at radius 2 is 2.26 bits per heavy atom. The van der Waals surface area contributed by atoms with Gasteiger partial charge in [-0.1, -0.05) is 0 Å². The maximum atomic E-state index is 11.6. The topological polar surface area (TPSA) is 64.1 Å². The van der Waals surface area contributed by atoms with Crippen LogP contribution in [-0.2, 0) is 17.8 Å². The highest BCUT2D eigenvalue weighted by molar-refractivity contribution is 7.11. The number of aromatic nitrogens is 2. The second-order valence-electron chi connectivity index (χ2n) is 3.94. The average Bonchev–Trinajstić information content (AvgIpc) is 2.84. The fourth-order valence-corrected chi connectivity index (χ4v) is 2.43. The van der Waals surface area contributed by atoms with E-state index in [1.54, 1.807) is 29.7 Å². The summed E-state index contributed by atoms with van der Waals surface area (Å²) >= 11 is 1.65. The predicted octanol–water partition coefficient (Wildman–Crippen LogP) is 1.92. The fraction of sp³-hybridized carbons (Fsp3) is 0.308. The van der Waals surface area contributed by atoms with Crippen molar-refractivity contribution in [3.05, 3.63) is 45.7 Å². The van der Waals surface area contributed by atoms with Crippen molar-refractivity contribution in [1.29, 1.82) is 0 Å². The molecule has 0 unspecified atom stereocenters. The molecule has 0 amide bonds. The van der Waals surface area contributed by atoms with Gasteiger partial charge in [-0.05, 0) is 19.1 Å². The number of carbonyl (C=O) groups is 1. The van der Waals surface area contributed by atoms with Gasteiger partial charge in [0.2, 0.25) is 0 Å². The summed E-state index contributed by atoms with van der Waals surface area (Å²) in [5.41, 5.74) is 1.19. The molecule has 0 aliphatic carbocycles. The summed E-state index contributed by atoms with van der Waals surface area (Å²) in [5, 5.41) is 4.30. The third-order valence-electron chi connectivity index (χ3n) is 2.56. The molecule has 0 atom stereocenters. The standard InChI is InChI=1S/C13H15N3O2S/c1-9-16-7-10(19-9)6-14-8-12-11(13(17)18-2)4-3-5-15-12/h3-5,7,14H,6,8H2,1-2H3. The lowest BCUT2D eigenvalue weighted by Gasteiger charge is -2.07. The molecule has 0 radical (unpaired) electrons. The second kappa shape index (κ2) is 6.40. The van der Waals surface area contributed by atoms with E-state index in [0.29, 0.717) is 24.3 Å². The van der Waals surface area contributed by atoms with Crippen LogP contribution in [-0.4, -0.2) is 23.0 Å². The number of thiazole rings is 1. The number of rotatable bonds is 5. The van der Waals surface area contributed by atoms with Crippen molar-refractivity contribution < 1.29 is 9.53 Å². The Morgan fingerprint density at radius 1 is 1.42 bits per heavy atom. The van der Waals surface area contributed by atoms with E-state index in [4.69, 9.17) is 4.74 Å². The van der Waals surface area contributed by atoms with Gasteiger partial charge in [-0.2, -0.15) is 0 Å². The first-order valence-corrected chi connectivity index (χ1v) is 6.66. The summed E-state index contributed by atoms with van der Waals surface area (Å²) < 4.78 is 4.73. The van der Waals surface area contributed by atoms with Crippen LogP contribution in [0.25, 0.3) is 0 Å². The molecule has 0 saturated heterocycles. The zero-order valence-electron chi connectivity index (χ0n) is 10.8. The number of methoxy groups -OCH3 is 1. The summed E-state index contributed by atoms with van der Waals surface area (Å²) in [6, 6.07) is 3.44. The van der Waals surface area contributed by atoms with Gasteiger partial charge in [-0.25, -0.2) is 9.78 Å². The van der Waals surface area contributed by atoms with E-state index in [1.807, 2.05) is 13.1 Å². The molecule has 0 aliphatic heterocycles. The summed E-state index contributed by atoms with van der Waals surface area (Å²) in [6.45, 7) is 3.20. The van der Waals surface area contributed by atoms with Gasteiger partial charge in [-0.3, -0.25) is 4.98 Å². The number of nitrogens with zero attached hydrogens (tertiary/aromatic N) is 2. The summed E-state index contributed by atoms with van der Waals surface area (Å²) in [6.07, 6.45) is 3.52. The van der Waals surface area contributed by atoms with Crippen LogP contribution in [0.2, 0.25) is 0 Å². The molecule has 2 heterocycles. The molecule has 2 aromatic heterocycles. The summed E-state index contributed by atoms with van der Waals surface area (Å²) in [5.74, 6) is -0.362. The van der Waals surface area contributed by atoms with Gasteiger partial charge in [0.05, 0.1) is 23.4 Å². The quantitative estimate of drug-likeness (QED) is 0.846. The number of esters is 1. The molecule has 19 heavy (non-hydrogen) atoms. The number of nitrogens with one attached hydrogen (secondary N) is 1. The Balaban J connectivity index is 1.97. The average molecular weight is 277 g/mol. The first-order valence-electron chi connectivity index (χ1n) is 5.85. The zero-order valence-corrected chi connectivity index (χ0v) is 11.7. The van der Waals surface area contributed by atoms with Gasteiger partial charge < -0.3 is 10.1 Å². The van der Waals surface area contributed by atoms with Crippen LogP contribution in [0.15, 0.2) is 24.5 Å². The summed E-state index contributed by atoms with van der Waals surface area (Å²) in [4.78, 5) is 21.1. The number of carbonyl (C=O) groups excluding carboxylic acids is 1. The highest BCUT2D eigenvalue weighted by Gasteiger charge is 2.11. The third-order valence-corrected chi connectivity index (χ3v) is 3.47. The lowest BCUT2D eigenvalue weighted by molar-refractivity contribution is 0.0598. The molecular formula is C13H15N3O2S. The van der Waals surface area contributed by atoms with Crippen LogP contribution < -0.4 is 5.32 Å². The van der Waals surface area contributed by atoms with Crippen LogP contribution >= 0.6 is 11.3 Å². The van der Waals surface area contributed by atoms with Crippen molar-refractivity contribution in [3.63, 3.8) is 0 Å². The number of ether oxygens (including phenoxy) is 1. The number of hydrogen-bond donors (Lipinski definition) is 1. The Hall–Kier alpha value is -1.79. The predicted molar refractivity (Wildman–Crippen MR) is 73.0 cm³/mol. The Bertz CT molecular complexity index is 569. The van der Waals surface area contributed by atoms with E-state index in [0.717, 1.165) is 9.88 Å². The zero-order chi connectivity index (χ0) is 13.7. The lowest BCUT2D eigenvalue weighted by atomic mass is 10.2. The van der Waals surface area contributed by atoms with Gasteiger partial charge in [0.25, 0.3) is 0 Å². The van der Waals surface area contributed by atoms with Crippen molar-refractivity contribution in [2.45, 2.75) is 20.0 Å². The second-order valence-corrected chi connectivity index (χ2v) is 5.26. The van der Waals surface area contributed by atoms with Crippen molar-refractivity contribution in [2.24, 2.45) is 0 Å². The van der Waals surface area contributed by atoms with Crippen molar-refractivity contribution >= 4 is 17.3 Å². The minimum atomic E-state index is -0.362. The van der Waals surface area contributed by atoms with E-state index in [1.165, 1.54) is 7.11 Å². The van der Waals surface area contributed by atoms with Gasteiger partial charge in [0.1, 0.15) is 0 Å². The summed E-state index contributed by atoms with van der Waals surface area (Å²) in [7, 11) is 1.37. The molecule has 6 heteroatoms. The molecule has 1 N–H and O–H groups in total. The molecule has 100 valence electrons. The van der Waals surface area contributed by atoms with E-state index in [2.05, 4.69) is 15.3 Å². The van der Waals surface area contributed by atoms with Crippen LogP contribution in [0.5, 0.6) is 0 Å². The Labute approximate surface area is 115 Å². The highest BCUT2D eigenvalue weighted by Crippen LogP contribution is 2.12. The molecule has 5 nitrogen and oxygen atoms in total. The molecule has 0 spiro atoms. The van der Waals surface area contributed by atoms with Gasteiger partial charge in [0.15, 0.2) is 0 Å². The van der Waals surface area contributed by atoms with Crippen LogP contribution in [0.4, 0.5) is 0 Å². The third kappa shape index (κ3) is 3.59. The number of hydrogen-bond acceptors (Lipinski definition) is 6. The van der Waals surface area contributed by atoms with E-state index >= 15 is 0 Å². The maximum Gasteiger partial charge on any atom is 0.339 e. The van der Waals surface area contributed by atoms with Crippen LogP contribution in [0, 0.1) is 6.92 Å². The van der Waals surface area contributed by atoms with Gasteiger partial charge in [0, 0.05) is 30.4 Å². The first-order chi connectivity index (χ1) is 9.20. The molecule has 0 saturated carbocycles. The first kappa shape index (κ1) is 13.6. The Kier molecular flexibility index (Phi) is 4.59. The van der Waals surface area contributed by atoms with E-state index in [-0.39, 0.29) is 5.97 Å². The largest absolute Gasteiger partial charge is 0.465 e. The fourth-order valence-electron chi connectivity index (χ4n) is 1.67. The molecule has 0 bridgehead atoms. The number of pyridine rings is 1. The van der Waals surface area contributed by atoms with Crippen LogP contribution in [0.3, 0.4) is 0 Å². The maximum absolute atomic E-state index is 11.6. The van der Waals surface area contributed by atoms with E-state index in [9.17, 15) is 4.79 Å². The van der Waals surface area contributed by atoms with Gasteiger partial charge >= 0.3 is 5.97 Å². The molecular weight excluding hydrogens is 262 g/mol. The van der Waals surface area contributed by atoms with E-state index < -0.39 is 0 Å². The van der Waals surface area contributed by atoms with Crippen LogP contribution in [0.1, 0.15) is 25.9 Å². The van der Waals surface area contributed by atoms with Crippen molar-refractivity contribution in [3.8, 4) is 0 Å². The molecule has 0 aliphatic rings.